The average Bonchev–Trinajstić information content (AvgIpc) is 3.14. The van der Waals surface area contributed by atoms with Crippen LogP contribution in [0.4, 0.5) is 0 Å². The summed E-state index contributed by atoms with van der Waals surface area (Å²) in [7, 11) is 0. The standard InChI is InChI=1S/C16H16ClN5O2/c1-2-13(14-5-3-4-8-24-14)18-16(23)10-6-7-11(12(17)9-10)15-19-21-22-20-15/h1,6-7,9,13-14H,3-5,8H2,(H,18,23)(H,19,20,21,22). The molecular weight excluding hydrogens is 330 g/mol. The van der Waals surface area contributed by atoms with E-state index in [1.54, 1.807) is 18.2 Å². The van der Waals surface area contributed by atoms with E-state index in [1.807, 2.05) is 0 Å². The van der Waals surface area contributed by atoms with Gasteiger partial charge in [-0.2, -0.15) is 5.21 Å². The third-order valence-electron chi connectivity index (χ3n) is 3.87. The molecule has 1 saturated heterocycles. The number of terminal acetylenes is 1. The Labute approximate surface area is 144 Å². The number of rotatable bonds is 4. The van der Waals surface area contributed by atoms with Crippen LogP contribution < -0.4 is 5.32 Å². The molecule has 8 heteroatoms. The molecule has 3 rings (SSSR count). The molecule has 2 heterocycles. The molecule has 24 heavy (non-hydrogen) atoms. The van der Waals surface area contributed by atoms with Gasteiger partial charge in [-0.3, -0.25) is 4.79 Å². The van der Waals surface area contributed by atoms with Crippen molar-refractivity contribution in [1.29, 1.82) is 0 Å². The third-order valence-corrected chi connectivity index (χ3v) is 4.18. The van der Waals surface area contributed by atoms with Gasteiger partial charge in [0, 0.05) is 17.7 Å². The summed E-state index contributed by atoms with van der Waals surface area (Å²) < 4.78 is 5.65. The summed E-state index contributed by atoms with van der Waals surface area (Å²) in [5, 5.41) is 16.8. The fourth-order valence-corrected chi connectivity index (χ4v) is 2.87. The van der Waals surface area contributed by atoms with Crippen LogP contribution in [0.1, 0.15) is 29.6 Å². The first-order valence-electron chi connectivity index (χ1n) is 7.61. The molecule has 1 fully saturated rings. The SMILES string of the molecule is C#CC(NC(=O)c1ccc(-c2nn[nH]n2)c(Cl)c1)C1CCCCO1. The molecular formula is C16H16ClN5O2. The molecule has 1 aliphatic heterocycles. The van der Waals surface area contributed by atoms with Crippen molar-refractivity contribution in [3.8, 4) is 23.7 Å². The molecule has 2 unspecified atom stereocenters. The number of nitrogens with zero attached hydrogens (tertiary/aromatic N) is 3. The van der Waals surface area contributed by atoms with Crippen LogP contribution >= 0.6 is 11.6 Å². The zero-order valence-electron chi connectivity index (χ0n) is 12.8. The Morgan fingerprint density at radius 2 is 2.38 bits per heavy atom. The number of ether oxygens (including phenoxy) is 1. The van der Waals surface area contributed by atoms with Crippen molar-refractivity contribution in [3.05, 3.63) is 28.8 Å². The van der Waals surface area contributed by atoms with Gasteiger partial charge in [-0.15, -0.1) is 16.6 Å². The Hall–Kier alpha value is -2.43. The van der Waals surface area contributed by atoms with Gasteiger partial charge in [-0.1, -0.05) is 17.5 Å². The average molecular weight is 346 g/mol. The number of benzene rings is 1. The number of hydrogen-bond acceptors (Lipinski definition) is 5. The van der Waals surface area contributed by atoms with Gasteiger partial charge in [0.25, 0.3) is 5.91 Å². The van der Waals surface area contributed by atoms with Crippen molar-refractivity contribution in [1.82, 2.24) is 25.9 Å². The van der Waals surface area contributed by atoms with E-state index >= 15 is 0 Å². The predicted molar refractivity (Wildman–Crippen MR) is 88.3 cm³/mol. The smallest absolute Gasteiger partial charge is 0.252 e. The van der Waals surface area contributed by atoms with Crippen LogP contribution in [0, 0.1) is 12.3 Å². The molecule has 2 atom stereocenters. The number of halogens is 1. The summed E-state index contributed by atoms with van der Waals surface area (Å²) in [6.07, 6.45) is 8.31. The van der Waals surface area contributed by atoms with Crippen LogP contribution in [0.3, 0.4) is 0 Å². The predicted octanol–water partition coefficient (Wildman–Crippen LogP) is 1.82. The van der Waals surface area contributed by atoms with Crippen LogP contribution in [0.2, 0.25) is 5.02 Å². The molecule has 0 radical (unpaired) electrons. The van der Waals surface area contributed by atoms with E-state index in [4.69, 9.17) is 22.8 Å². The van der Waals surface area contributed by atoms with Gasteiger partial charge in [0.05, 0.1) is 11.1 Å². The van der Waals surface area contributed by atoms with Crippen molar-refractivity contribution in [3.63, 3.8) is 0 Å². The number of carbonyl (C=O) groups excluding carboxylic acids is 1. The van der Waals surface area contributed by atoms with Crippen molar-refractivity contribution >= 4 is 17.5 Å². The normalized spacial score (nSPS) is 18.6. The molecule has 2 N–H and O–H groups in total. The number of aromatic nitrogens is 4. The van der Waals surface area contributed by atoms with Crippen molar-refractivity contribution in [2.75, 3.05) is 6.61 Å². The number of nitrogens with one attached hydrogen (secondary N) is 2. The second-order valence-electron chi connectivity index (χ2n) is 5.45. The number of H-pyrrole nitrogens is 1. The van der Waals surface area contributed by atoms with Crippen LogP contribution in [0.25, 0.3) is 11.4 Å². The first-order chi connectivity index (χ1) is 11.7. The number of aromatic amines is 1. The number of carbonyl (C=O) groups is 1. The topological polar surface area (TPSA) is 92.8 Å². The molecule has 1 amide bonds. The van der Waals surface area contributed by atoms with Crippen molar-refractivity contribution in [2.24, 2.45) is 0 Å². The highest BCUT2D eigenvalue weighted by Crippen LogP contribution is 2.25. The Morgan fingerprint density at radius 3 is 3.00 bits per heavy atom. The van der Waals surface area contributed by atoms with Crippen LogP contribution in [0.5, 0.6) is 0 Å². The lowest BCUT2D eigenvalue weighted by atomic mass is 10.0. The fraction of sp³-hybridized carbons (Fsp3) is 0.375. The third kappa shape index (κ3) is 3.55. The quantitative estimate of drug-likeness (QED) is 0.824. The molecule has 7 nitrogen and oxygen atoms in total. The van der Waals surface area contributed by atoms with Gasteiger partial charge in [-0.25, -0.2) is 0 Å². The number of hydrogen-bond donors (Lipinski definition) is 2. The fourth-order valence-electron chi connectivity index (χ4n) is 2.61. The molecule has 1 aliphatic rings. The first-order valence-corrected chi connectivity index (χ1v) is 7.99. The van der Waals surface area contributed by atoms with E-state index in [0.717, 1.165) is 19.3 Å². The Kier molecular flexibility index (Phi) is 5.08. The van der Waals surface area contributed by atoms with E-state index in [1.165, 1.54) is 0 Å². The van der Waals surface area contributed by atoms with Crippen LogP contribution in [-0.4, -0.2) is 45.3 Å². The summed E-state index contributed by atoms with van der Waals surface area (Å²) in [5.74, 6) is 2.67. The second-order valence-corrected chi connectivity index (χ2v) is 5.86. The summed E-state index contributed by atoms with van der Waals surface area (Å²) in [6.45, 7) is 0.671. The summed E-state index contributed by atoms with van der Waals surface area (Å²) in [6, 6.07) is 4.40. The van der Waals surface area contributed by atoms with Gasteiger partial charge < -0.3 is 10.1 Å². The van der Waals surface area contributed by atoms with Gasteiger partial charge >= 0.3 is 0 Å². The first kappa shape index (κ1) is 16.4. The maximum Gasteiger partial charge on any atom is 0.252 e. The highest BCUT2D eigenvalue weighted by molar-refractivity contribution is 6.33. The molecule has 1 aromatic carbocycles. The highest BCUT2D eigenvalue weighted by atomic mass is 35.5. The van der Waals surface area contributed by atoms with Gasteiger partial charge in [0.15, 0.2) is 0 Å². The van der Waals surface area contributed by atoms with E-state index < -0.39 is 6.04 Å². The zero-order chi connectivity index (χ0) is 16.9. The lowest BCUT2D eigenvalue weighted by Crippen LogP contribution is -2.44. The molecule has 124 valence electrons. The minimum absolute atomic E-state index is 0.151. The van der Waals surface area contributed by atoms with Gasteiger partial charge in [0.1, 0.15) is 6.04 Å². The number of tetrazole rings is 1. The van der Waals surface area contributed by atoms with E-state index in [2.05, 4.69) is 31.9 Å². The molecule has 0 spiro atoms. The Morgan fingerprint density at radius 1 is 1.50 bits per heavy atom. The molecule has 0 saturated carbocycles. The largest absolute Gasteiger partial charge is 0.375 e. The second kappa shape index (κ2) is 7.43. The van der Waals surface area contributed by atoms with E-state index in [9.17, 15) is 4.79 Å². The zero-order valence-corrected chi connectivity index (χ0v) is 13.6. The van der Waals surface area contributed by atoms with E-state index in [-0.39, 0.29) is 12.0 Å². The highest BCUT2D eigenvalue weighted by Gasteiger charge is 2.25. The molecule has 0 aliphatic carbocycles. The summed E-state index contributed by atoms with van der Waals surface area (Å²) in [5.41, 5.74) is 0.995. The molecule has 2 aromatic rings. The molecule has 0 bridgehead atoms. The van der Waals surface area contributed by atoms with Crippen molar-refractivity contribution in [2.45, 2.75) is 31.4 Å². The lowest BCUT2D eigenvalue weighted by Gasteiger charge is -2.27. The maximum atomic E-state index is 12.4. The summed E-state index contributed by atoms with van der Waals surface area (Å²) >= 11 is 6.22. The van der Waals surface area contributed by atoms with E-state index in [0.29, 0.717) is 28.6 Å². The monoisotopic (exact) mass is 345 g/mol. The van der Waals surface area contributed by atoms with Crippen molar-refractivity contribution < 1.29 is 9.53 Å². The Balaban J connectivity index is 1.72. The maximum absolute atomic E-state index is 12.4. The number of amides is 1. The summed E-state index contributed by atoms with van der Waals surface area (Å²) in [4.78, 5) is 12.4. The minimum Gasteiger partial charge on any atom is -0.375 e. The van der Waals surface area contributed by atoms with Gasteiger partial charge in [0.2, 0.25) is 5.82 Å². The molecule has 1 aromatic heterocycles. The van der Waals surface area contributed by atoms with Crippen LogP contribution in [0.15, 0.2) is 18.2 Å². The Bertz CT molecular complexity index is 750. The lowest BCUT2D eigenvalue weighted by molar-refractivity contribution is 0.00439. The van der Waals surface area contributed by atoms with Gasteiger partial charge in [-0.05, 0) is 42.7 Å². The van der Waals surface area contributed by atoms with Crippen LogP contribution in [-0.2, 0) is 4.74 Å². The minimum atomic E-state index is -0.464.